The molecule has 2 aliphatic heterocycles. The molecule has 1 atom stereocenters. The van der Waals surface area contributed by atoms with Crippen molar-refractivity contribution in [3.8, 4) is 5.88 Å². The molecular formula is C32H45F2N7O. The number of methoxy groups -OCH3 is 1. The van der Waals surface area contributed by atoms with Crippen LogP contribution < -0.4 is 15.0 Å². The first-order valence-corrected chi connectivity index (χ1v) is 15.3. The summed E-state index contributed by atoms with van der Waals surface area (Å²) < 4.78 is 37.1. The molecule has 2 fully saturated rings. The number of likely N-dealkylation sites (tertiary alicyclic amines) is 1. The molecule has 5 rings (SSSR count). The van der Waals surface area contributed by atoms with E-state index in [1.165, 1.54) is 6.33 Å². The second-order valence-electron chi connectivity index (χ2n) is 12.2. The predicted octanol–water partition coefficient (Wildman–Crippen LogP) is 5.95. The van der Waals surface area contributed by atoms with E-state index in [0.29, 0.717) is 55.4 Å². The second kappa shape index (κ2) is 12.6. The summed E-state index contributed by atoms with van der Waals surface area (Å²) in [7, 11) is 1.63. The Hall–Kier alpha value is -3.11. The Morgan fingerprint density at radius 2 is 1.57 bits per heavy atom. The lowest BCUT2D eigenvalue weighted by atomic mass is 9.85. The first kappa shape index (κ1) is 30.4. The normalized spacial score (nSPS) is 18.7. The number of nitrogens with one attached hydrogen (secondary N) is 1. The van der Waals surface area contributed by atoms with Crippen LogP contribution in [0.2, 0.25) is 0 Å². The number of nitrogens with zero attached hydrogens (tertiary/aromatic N) is 6. The molecule has 0 spiro atoms. The molecule has 2 saturated heterocycles. The molecule has 2 aromatic heterocycles. The summed E-state index contributed by atoms with van der Waals surface area (Å²) in [6, 6.07) is 9.50. The molecule has 8 nitrogen and oxygen atoms in total. The van der Waals surface area contributed by atoms with Gasteiger partial charge in [0.15, 0.2) is 5.65 Å². The highest BCUT2D eigenvalue weighted by Gasteiger charge is 2.43. The van der Waals surface area contributed by atoms with Gasteiger partial charge in [0.05, 0.1) is 12.5 Å². The molecule has 3 aromatic rings. The van der Waals surface area contributed by atoms with Gasteiger partial charge in [-0.2, -0.15) is 4.98 Å². The fraction of sp³-hybridized carbons (Fsp3) is 0.594. The van der Waals surface area contributed by atoms with E-state index >= 15 is 8.78 Å². The van der Waals surface area contributed by atoms with Crippen LogP contribution >= 0.6 is 0 Å². The Labute approximate surface area is 248 Å². The van der Waals surface area contributed by atoms with Crippen LogP contribution in [-0.4, -0.2) is 83.2 Å². The number of anilines is 2. The average Bonchev–Trinajstić information content (AvgIpc) is 3.00. The quantitative estimate of drug-likeness (QED) is 0.333. The van der Waals surface area contributed by atoms with E-state index in [9.17, 15) is 0 Å². The zero-order chi connectivity index (χ0) is 30.0. The van der Waals surface area contributed by atoms with Crippen molar-refractivity contribution in [2.75, 3.05) is 56.6 Å². The van der Waals surface area contributed by atoms with Crippen LogP contribution in [0.15, 0.2) is 36.7 Å². The van der Waals surface area contributed by atoms with Gasteiger partial charge in [-0.05, 0) is 78.2 Å². The first-order chi connectivity index (χ1) is 20.1. The van der Waals surface area contributed by atoms with Gasteiger partial charge in [0.1, 0.15) is 17.8 Å². The lowest BCUT2D eigenvalue weighted by Crippen LogP contribution is -2.49. The zero-order valence-corrected chi connectivity index (χ0v) is 25.8. The zero-order valence-electron chi connectivity index (χ0n) is 25.8. The van der Waals surface area contributed by atoms with Crippen LogP contribution in [0, 0.1) is 5.92 Å². The number of aromatic nitrogens is 3. The summed E-state index contributed by atoms with van der Waals surface area (Å²) in [5, 5.41) is 4.23. The third-order valence-electron chi connectivity index (χ3n) is 9.05. The highest BCUT2D eigenvalue weighted by Crippen LogP contribution is 2.42. The third kappa shape index (κ3) is 6.29. The molecule has 0 unspecified atom stereocenters. The molecule has 0 saturated carbocycles. The maximum atomic E-state index is 15.7. The number of piperidine rings is 1. The number of hydrogen-bond acceptors (Lipinski definition) is 8. The Morgan fingerprint density at radius 3 is 2.21 bits per heavy atom. The van der Waals surface area contributed by atoms with Gasteiger partial charge in [-0.3, -0.25) is 4.90 Å². The third-order valence-corrected chi connectivity index (χ3v) is 9.05. The number of fused-ring (bicyclic) bond motifs is 1. The van der Waals surface area contributed by atoms with E-state index in [1.54, 1.807) is 25.3 Å². The van der Waals surface area contributed by atoms with Crippen LogP contribution in [0.5, 0.6) is 5.88 Å². The van der Waals surface area contributed by atoms with Gasteiger partial charge in [0, 0.05) is 55.8 Å². The predicted molar refractivity (Wildman–Crippen MR) is 165 cm³/mol. The van der Waals surface area contributed by atoms with Crippen molar-refractivity contribution >= 4 is 22.5 Å². The van der Waals surface area contributed by atoms with Gasteiger partial charge in [0.2, 0.25) is 5.88 Å². The fourth-order valence-corrected chi connectivity index (χ4v) is 6.25. The Bertz CT molecular complexity index is 1350. The minimum Gasteiger partial charge on any atom is -0.479 e. The Kier molecular flexibility index (Phi) is 9.13. The van der Waals surface area contributed by atoms with Crippen LogP contribution in [0.4, 0.5) is 20.3 Å². The van der Waals surface area contributed by atoms with Crippen molar-refractivity contribution in [2.45, 2.75) is 71.5 Å². The number of rotatable bonds is 9. The molecule has 10 heteroatoms. The summed E-state index contributed by atoms with van der Waals surface area (Å²) in [6.45, 7) is 15.7. The maximum absolute atomic E-state index is 15.7. The van der Waals surface area contributed by atoms with E-state index in [4.69, 9.17) is 9.72 Å². The topological polar surface area (TPSA) is 69.7 Å². The minimum absolute atomic E-state index is 0.0819. The number of pyridine rings is 1. The summed E-state index contributed by atoms with van der Waals surface area (Å²) in [4.78, 5) is 20.7. The number of alkyl halides is 2. The number of hydrogen-bond donors (Lipinski definition) is 1. The summed E-state index contributed by atoms with van der Waals surface area (Å²) in [5.74, 6) is -2.39. The highest BCUT2D eigenvalue weighted by atomic mass is 19.3. The maximum Gasteiger partial charge on any atom is 0.276 e. The molecule has 4 heterocycles. The van der Waals surface area contributed by atoms with Gasteiger partial charge in [-0.25, -0.2) is 18.7 Å². The van der Waals surface area contributed by atoms with Gasteiger partial charge >= 0.3 is 0 Å². The van der Waals surface area contributed by atoms with Gasteiger partial charge < -0.3 is 19.9 Å². The SMILES string of the molecule is COc1nc2ncnc(N[C@H](C)c3cccc(C(F)(F)C4CCN(C(C)C)CC4)c3)c2cc1N1CCN(C(C)C)CC1. The standard InChI is InChI=1S/C32H45F2N7O/c1-21(2)39-12-10-25(11-13-39)32(33,34)26-9-7-8-24(18-26)23(5)37-29-27-19-28(31(42-6)38-30(27)36-20-35-29)41-16-14-40(15-17-41)22(3)4/h7-9,18-23,25H,10-17H2,1-6H3,(H,35,36,37,38)/t23-/m1/s1. The van der Waals surface area contributed by atoms with Crippen LogP contribution in [-0.2, 0) is 5.92 Å². The number of benzene rings is 1. The molecule has 1 N–H and O–H groups in total. The first-order valence-electron chi connectivity index (χ1n) is 15.3. The van der Waals surface area contributed by atoms with Crippen LogP contribution in [0.25, 0.3) is 11.0 Å². The molecule has 2 aliphatic rings. The molecule has 0 amide bonds. The Balaban J connectivity index is 1.36. The Morgan fingerprint density at radius 1 is 0.905 bits per heavy atom. The van der Waals surface area contributed by atoms with Gasteiger partial charge in [0.25, 0.3) is 5.92 Å². The molecule has 1 aromatic carbocycles. The van der Waals surface area contributed by atoms with E-state index in [0.717, 1.165) is 42.8 Å². The van der Waals surface area contributed by atoms with Crippen LogP contribution in [0.1, 0.15) is 64.6 Å². The lowest BCUT2D eigenvalue weighted by Gasteiger charge is -2.38. The van der Waals surface area contributed by atoms with E-state index in [1.807, 2.05) is 19.1 Å². The monoisotopic (exact) mass is 581 g/mol. The van der Waals surface area contributed by atoms with Gasteiger partial charge in [-0.15, -0.1) is 0 Å². The van der Waals surface area contributed by atoms with Crippen molar-refractivity contribution in [2.24, 2.45) is 5.92 Å². The lowest BCUT2D eigenvalue weighted by molar-refractivity contribution is -0.0876. The number of piperazine rings is 1. The molecule has 228 valence electrons. The van der Waals surface area contributed by atoms with Crippen molar-refractivity contribution in [3.05, 3.63) is 47.8 Å². The molecular weight excluding hydrogens is 536 g/mol. The van der Waals surface area contributed by atoms with Crippen molar-refractivity contribution in [1.29, 1.82) is 0 Å². The van der Waals surface area contributed by atoms with Crippen molar-refractivity contribution in [3.63, 3.8) is 0 Å². The van der Waals surface area contributed by atoms with Crippen molar-refractivity contribution < 1.29 is 13.5 Å². The van der Waals surface area contributed by atoms with E-state index in [-0.39, 0.29) is 11.6 Å². The summed E-state index contributed by atoms with van der Waals surface area (Å²) in [6.07, 6.45) is 2.47. The molecule has 42 heavy (non-hydrogen) atoms. The van der Waals surface area contributed by atoms with E-state index < -0.39 is 11.8 Å². The summed E-state index contributed by atoms with van der Waals surface area (Å²) in [5.41, 5.74) is 2.29. The highest BCUT2D eigenvalue weighted by molar-refractivity contribution is 5.90. The number of ether oxygens (including phenoxy) is 1. The summed E-state index contributed by atoms with van der Waals surface area (Å²) >= 11 is 0. The smallest absolute Gasteiger partial charge is 0.276 e. The molecule has 0 aliphatic carbocycles. The second-order valence-corrected chi connectivity index (χ2v) is 12.2. The average molecular weight is 582 g/mol. The van der Waals surface area contributed by atoms with Crippen molar-refractivity contribution in [1.82, 2.24) is 24.8 Å². The van der Waals surface area contributed by atoms with Crippen LogP contribution in [0.3, 0.4) is 0 Å². The molecule has 0 bridgehead atoms. The minimum atomic E-state index is -2.88. The fourth-order valence-electron chi connectivity index (χ4n) is 6.25. The largest absolute Gasteiger partial charge is 0.479 e. The molecule has 0 radical (unpaired) electrons. The van der Waals surface area contributed by atoms with Gasteiger partial charge in [-0.1, -0.05) is 18.2 Å². The number of halogens is 2. The van der Waals surface area contributed by atoms with E-state index in [2.05, 4.69) is 57.7 Å².